The fraction of sp³-hybridized carbons (Fsp3) is 0.385. The molecule has 1 fully saturated rings. The lowest BCUT2D eigenvalue weighted by molar-refractivity contribution is 0.0241. The fourth-order valence-corrected chi connectivity index (χ4v) is 5.19. The molecule has 2 unspecified atom stereocenters. The van der Waals surface area contributed by atoms with Crippen LogP contribution in [0.5, 0.6) is 0 Å². The molecule has 2 aliphatic rings. The van der Waals surface area contributed by atoms with Crippen molar-refractivity contribution in [2.24, 2.45) is 7.05 Å². The molecule has 2 aliphatic heterocycles. The summed E-state index contributed by atoms with van der Waals surface area (Å²) >= 11 is 0. The van der Waals surface area contributed by atoms with E-state index in [4.69, 9.17) is 4.74 Å². The van der Waals surface area contributed by atoms with Crippen molar-refractivity contribution >= 4 is 0 Å². The Bertz CT molecular complexity index is 961. The third kappa shape index (κ3) is 3.95. The first-order chi connectivity index (χ1) is 14.8. The number of aryl methyl sites for hydroxylation is 1. The summed E-state index contributed by atoms with van der Waals surface area (Å²) in [5, 5.41) is 0. The molecule has 0 N–H and O–H groups in total. The number of nitrogens with zero attached hydrogens (tertiary/aromatic N) is 3. The molecule has 0 saturated carbocycles. The first-order valence-corrected chi connectivity index (χ1v) is 11.1. The molecule has 4 heteroatoms. The molecular weight excluding hydrogens is 370 g/mol. The minimum Gasteiger partial charge on any atom is -0.379 e. The van der Waals surface area contributed by atoms with Crippen molar-refractivity contribution < 1.29 is 4.74 Å². The number of morpholine rings is 1. The van der Waals surface area contributed by atoms with Gasteiger partial charge in [-0.25, -0.2) is 0 Å². The van der Waals surface area contributed by atoms with E-state index in [9.17, 15) is 0 Å². The molecule has 3 aromatic rings. The number of hydrogen-bond acceptors (Lipinski definition) is 3. The Balaban J connectivity index is 1.55. The molecule has 1 aromatic heterocycles. The first-order valence-electron chi connectivity index (χ1n) is 11.1. The average Bonchev–Trinajstić information content (AvgIpc) is 3.21. The number of rotatable bonds is 5. The molecule has 30 heavy (non-hydrogen) atoms. The molecule has 0 bridgehead atoms. The second kappa shape index (κ2) is 8.76. The summed E-state index contributed by atoms with van der Waals surface area (Å²) in [7, 11) is 2.18. The number of hydrogen-bond donors (Lipinski definition) is 0. The highest BCUT2D eigenvalue weighted by molar-refractivity contribution is 5.37. The summed E-state index contributed by atoms with van der Waals surface area (Å²) in [4.78, 5) is 5.27. The second-order valence-electron chi connectivity index (χ2n) is 8.60. The van der Waals surface area contributed by atoms with Gasteiger partial charge in [-0.2, -0.15) is 0 Å². The van der Waals surface area contributed by atoms with Crippen molar-refractivity contribution in [2.45, 2.75) is 25.0 Å². The van der Waals surface area contributed by atoms with Crippen LogP contribution in [0.1, 0.15) is 34.3 Å². The maximum Gasteiger partial charge on any atom is 0.0594 e. The highest BCUT2D eigenvalue weighted by Crippen LogP contribution is 2.43. The van der Waals surface area contributed by atoms with Gasteiger partial charge in [-0.15, -0.1) is 0 Å². The van der Waals surface area contributed by atoms with Crippen molar-refractivity contribution in [3.05, 3.63) is 95.3 Å². The van der Waals surface area contributed by atoms with Gasteiger partial charge in [-0.1, -0.05) is 54.6 Å². The van der Waals surface area contributed by atoms with Crippen molar-refractivity contribution in [1.82, 2.24) is 14.4 Å². The van der Waals surface area contributed by atoms with Crippen molar-refractivity contribution in [3.63, 3.8) is 0 Å². The van der Waals surface area contributed by atoms with Gasteiger partial charge in [-0.05, 0) is 28.8 Å². The van der Waals surface area contributed by atoms with Gasteiger partial charge in [0.2, 0.25) is 0 Å². The Hall–Kier alpha value is -2.40. The number of fused-ring (bicyclic) bond motifs is 1. The third-order valence-corrected chi connectivity index (χ3v) is 6.68. The standard InChI is InChI=1S/C26H31N3O/c1-27-13-7-12-25(27)26-24(20-28-14-16-30-17-15-28)23-11-6-5-10-22(23)19-29(26)18-21-8-3-2-4-9-21/h2-13,24,26H,14-20H2,1H3. The second-order valence-corrected chi connectivity index (χ2v) is 8.60. The van der Waals surface area contributed by atoms with Crippen LogP contribution in [0, 0.1) is 0 Å². The number of ether oxygens (including phenoxy) is 1. The van der Waals surface area contributed by atoms with Gasteiger partial charge in [0.05, 0.1) is 19.3 Å². The van der Waals surface area contributed by atoms with Gasteiger partial charge in [0.1, 0.15) is 0 Å². The summed E-state index contributed by atoms with van der Waals surface area (Å²) in [6.07, 6.45) is 2.18. The molecule has 156 valence electrons. The maximum absolute atomic E-state index is 5.62. The summed E-state index contributed by atoms with van der Waals surface area (Å²) in [5.41, 5.74) is 5.76. The van der Waals surface area contributed by atoms with Crippen LogP contribution in [-0.4, -0.2) is 47.2 Å². The lowest BCUT2D eigenvalue weighted by Crippen LogP contribution is -2.45. The Morgan fingerprint density at radius 3 is 2.43 bits per heavy atom. The minimum atomic E-state index is 0.350. The maximum atomic E-state index is 5.62. The van der Waals surface area contributed by atoms with Crippen LogP contribution in [0.25, 0.3) is 0 Å². The molecule has 0 amide bonds. The van der Waals surface area contributed by atoms with Crippen LogP contribution in [-0.2, 0) is 24.9 Å². The predicted octanol–water partition coefficient (Wildman–Crippen LogP) is 4.20. The van der Waals surface area contributed by atoms with Crippen LogP contribution < -0.4 is 0 Å². The molecule has 3 heterocycles. The van der Waals surface area contributed by atoms with E-state index < -0.39 is 0 Å². The Kier molecular flexibility index (Phi) is 5.71. The lowest BCUT2D eigenvalue weighted by atomic mass is 9.81. The van der Waals surface area contributed by atoms with Crippen molar-refractivity contribution in [3.8, 4) is 0 Å². The molecule has 2 atom stereocenters. The third-order valence-electron chi connectivity index (χ3n) is 6.68. The molecule has 2 aromatic carbocycles. The molecule has 0 radical (unpaired) electrons. The van der Waals surface area contributed by atoms with E-state index in [1.807, 2.05) is 0 Å². The molecule has 0 aliphatic carbocycles. The summed E-state index contributed by atoms with van der Waals surface area (Å²) in [5.74, 6) is 0.436. The molecule has 4 nitrogen and oxygen atoms in total. The average molecular weight is 402 g/mol. The predicted molar refractivity (Wildman–Crippen MR) is 120 cm³/mol. The summed E-state index contributed by atoms with van der Waals surface area (Å²) in [6, 6.07) is 24.8. The Labute approximate surface area is 179 Å². The van der Waals surface area contributed by atoms with Crippen LogP contribution in [0.3, 0.4) is 0 Å². The van der Waals surface area contributed by atoms with E-state index in [0.717, 1.165) is 45.9 Å². The molecule has 5 rings (SSSR count). The number of aromatic nitrogens is 1. The van der Waals surface area contributed by atoms with Gasteiger partial charge in [0.15, 0.2) is 0 Å². The summed E-state index contributed by atoms with van der Waals surface area (Å²) < 4.78 is 7.93. The lowest BCUT2D eigenvalue weighted by Gasteiger charge is -2.45. The van der Waals surface area contributed by atoms with Crippen molar-refractivity contribution in [2.75, 3.05) is 32.8 Å². The van der Waals surface area contributed by atoms with Gasteiger partial charge < -0.3 is 9.30 Å². The van der Waals surface area contributed by atoms with E-state index in [1.54, 1.807) is 0 Å². The zero-order valence-corrected chi connectivity index (χ0v) is 17.8. The van der Waals surface area contributed by atoms with E-state index in [2.05, 4.69) is 94.3 Å². The zero-order valence-electron chi connectivity index (χ0n) is 17.8. The van der Waals surface area contributed by atoms with E-state index in [1.165, 1.54) is 22.4 Å². The van der Waals surface area contributed by atoms with Gasteiger partial charge >= 0.3 is 0 Å². The highest BCUT2D eigenvalue weighted by Gasteiger charge is 2.38. The van der Waals surface area contributed by atoms with Crippen LogP contribution in [0.2, 0.25) is 0 Å². The normalized spacial score (nSPS) is 22.7. The fourth-order valence-electron chi connectivity index (χ4n) is 5.19. The highest BCUT2D eigenvalue weighted by atomic mass is 16.5. The SMILES string of the molecule is Cn1cccc1C1C(CN2CCOCC2)c2ccccc2CN1Cc1ccccc1. The monoisotopic (exact) mass is 401 g/mol. The van der Waals surface area contributed by atoms with Crippen LogP contribution >= 0.6 is 0 Å². The molecule has 1 saturated heterocycles. The van der Waals surface area contributed by atoms with E-state index in [-0.39, 0.29) is 0 Å². The van der Waals surface area contributed by atoms with Gasteiger partial charge in [0.25, 0.3) is 0 Å². The van der Waals surface area contributed by atoms with Crippen molar-refractivity contribution in [1.29, 1.82) is 0 Å². The summed E-state index contributed by atoms with van der Waals surface area (Å²) in [6.45, 7) is 6.76. The quantitative estimate of drug-likeness (QED) is 0.639. The van der Waals surface area contributed by atoms with E-state index in [0.29, 0.717) is 12.0 Å². The van der Waals surface area contributed by atoms with Gasteiger partial charge in [-0.3, -0.25) is 9.80 Å². The van der Waals surface area contributed by atoms with Crippen LogP contribution in [0.15, 0.2) is 72.9 Å². The smallest absolute Gasteiger partial charge is 0.0594 e. The zero-order chi connectivity index (χ0) is 20.3. The number of benzene rings is 2. The Morgan fingerprint density at radius 1 is 0.900 bits per heavy atom. The topological polar surface area (TPSA) is 20.6 Å². The minimum absolute atomic E-state index is 0.350. The first kappa shape index (κ1) is 19.6. The largest absolute Gasteiger partial charge is 0.379 e. The molecular formula is C26H31N3O. The molecule has 0 spiro atoms. The van der Waals surface area contributed by atoms with Gasteiger partial charge in [0, 0.05) is 57.6 Å². The van der Waals surface area contributed by atoms with E-state index >= 15 is 0 Å². The Morgan fingerprint density at radius 2 is 1.67 bits per heavy atom. The van der Waals surface area contributed by atoms with Crippen LogP contribution in [0.4, 0.5) is 0 Å².